The zero-order valence-electron chi connectivity index (χ0n) is 20.8. The van der Waals surface area contributed by atoms with Gasteiger partial charge in [0.2, 0.25) is 0 Å². The summed E-state index contributed by atoms with van der Waals surface area (Å²) in [5.41, 5.74) is 1.08. The summed E-state index contributed by atoms with van der Waals surface area (Å²) < 4.78 is 21.8. The molecule has 188 valence electrons. The molecule has 7 aliphatic rings. The van der Waals surface area contributed by atoms with Crippen LogP contribution in [-0.2, 0) is 4.79 Å². The monoisotopic (exact) mass is 481 g/mol. The number of carbonyl (C=O) groups excluding carboxylic acids is 1. The Balaban J connectivity index is 1.14. The number of piperidine rings is 1. The van der Waals surface area contributed by atoms with Crippen molar-refractivity contribution >= 4 is 11.9 Å². The molecule has 6 heteroatoms. The molecule has 1 N–H and O–H groups in total. The van der Waals surface area contributed by atoms with E-state index in [1.54, 1.807) is 6.07 Å². The molecule has 1 heterocycles. The van der Waals surface area contributed by atoms with E-state index in [9.17, 15) is 14.7 Å². The molecule has 4 bridgehead atoms. The molecule has 6 aliphatic carbocycles. The number of carbonyl (C=O) groups is 2. The number of amides is 1. The molecule has 8 rings (SSSR count). The van der Waals surface area contributed by atoms with Gasteiger partial charge in [0.05, 0.1) is 12.2 Å². The normalized spacial score (nSPS) is 40.0. The summed E-state index contributed by atoms with van der Waals surface area (Å²) in [7, 11) is 0. The van der Waals surface area contributed by atoms with Crippen molar-refractivity contribution in [3.63, 3.8) is 0 Å². The van der Waals surface area contributed by atoms with Crippen LogP contribution in [0, 0.1) is 46.2 Å². The topological polar surface area (TPSA) is 66.8 Å². The second-order valence-corrected chi connectivity index (χ2v) is 13.5. The van der Waals surface area contributed by atoms with Gasteiger partial charge < -0.3 is 14.7 Å². The number of carboxylic acid groups (broad SMARTS) is 1. The summed E-state index contributed by atoms with van der Waals surface area (Å²) in [4.78, 5) is 26.9. The lowest BCUT2D eigenvalue weighted by molar-refractivity contribution is -0.142. The third-order valence-corrected chi connectivity index (χ3v) is 10.8. The van der Waals surface area contributed by atoms with E-state index in [2.05, 4.69) is 13.8 Å². The number of ether oxygens (including phenoxy) is 1. The third-order valence-electron chi connectivity index (χ3n) is 10.8. The standard InChI is InChI=1S/C29H36FNO4/c1-28(2)21-13-31(25(24(21)28)27(33)34)26(32)20-8-19(18-3-4-18)23(9-22(20)30)35-14-29-10-15-5-16(11-29)7-17(6-15)12-29/h8-9,15-18,21,24-25H,3-7,10-14H2,1-2H3,(H,33,34)/t15?,16?,17?,21-,24?,25-,29?/m0/s1. The van der Waals surface area contributed by atoms with E-state index >= 15 is 4.39 Å². The van der Waals surface area contributed by atoms with Crippen LogP contribution in [0.3, 0.4) is 0 Å². The minimum Gasteiger partial charge on any atom is -0.493 e. The van der Waals surface area contributed by atoms with Gasteiger partial charge in [0.15, 0.2) is 0 Å². The maximum absolute atomic E-state index is 15.4. The molecule has 1 aromatic rings. The number of hydrogen-bond acceptors (Lipinski definition) is 3. The Labute approximate surface area is 206 Å². The van der Waals surface area contributed by atoms with Crippen LogP contribution in [0.15, 0.2) is 12.1 Å². The fraction of sp³-hybridized carbons (Fsp3) is 0.724. The van der Waals surface area contributed by atoms with Gasteiger partial charge in [-0.3, -0.25) is 4.79 Å². The van der Waals surface area contributed by atoms with Crippen molar-refractivity contribution in [2.75, 3.05) is 13.2 Å². The largest absolute Gasteiger partial charge is 0.493 e. The third kappa shape index (κ3) is 3.37. The highest BCUT2D eigenvalue weighted by atomic mass is 19.1. The molecule has 0 spiro atoms. The molecule has 1 aromatic carbocycles. The van der Waals surface area contributed by atoms with E-state index in [1.165, 1.54) is 49.5 Å². The summed E-state index contributed by atoms with van der Waals surface area (Å²) in [6, 6.07) is 2.22. The zero-order chi connectivity index (χ0) is 24.3. The Hall–Kier alpha value is -2.11. The Morgan fingerprint density at radius 3 is 2.29 bits per heavy atom. The first kappa shape index (κ1) is 22.1. The van der Waals surface area contributed by atoms with Crippen LogP contribution in [0.4, 0.5) is 4.39 Å². The summed E-state index contributed by atoms with van der Waals surface area (Å²) in [5, 5.41) is 9.85. The quantitative estimate of drug-likeness (QED) is 0.584. The highest BCUT2D eigenvalue weighted by molar-refractivity contribution is 5.98. The second-order valence-electron chi connectivity index (χ2n) is 13.5. The molecular formula is C29H36FNO4. The molecular weight excluding hydrogens is 445 g/mol. The minimum atomic E-state index is -0.991. The van der Waals surface area contributed by atoms with Crippen LogP contribution in [0.25, 0.3) is 0 Å². The first-order valence-corrected chi connectivity index (χ1v) is 13.7. The molecule has 3 atom stereocenters. The van der Waals surface area contributed by atoms with Crippen LogP contribution in [0.2, 0.25) is 0 Å². The van der Waals surface area contributed by atoms with Crippen molar-refractivity contribution in [3.05, 3.63) is 29.1 Å². The Morgan fingerprint density at radius 2 is 1.71 bits per heavy atom. The molecule has 1 saturated heterocycles. The second kappa shape index (κ2) is 7.23. The maximum Gasteiger partial charge on any atom is 0.326 e. The SMILES string of the molecule is CC1(C)C2[C@@H](C(=O)O)N(C(=O)c3cc(C4CC4)c(OCC45CC6CC(CC(C6)C4)C5)cc3F)C[C@@H]21. The van der Waals surface area contributed by atoms with Gasteiger partial charge in [0.1, 0.15) is 17.6 Å². The van der Waals surface area contributed by atoms with Crippen molar-refractivity contribution in [3.8, 4) is 5.75 Å². The van der Waals surface area contributed by atoms with Crippen LogP contribution in [0.5, 0.6) is 5.75 Å². The van der Waals surface area contributed by atoms with Gasteiger partial charge in [0, 0.05) is 23.9 Å². The van der Waals surface area contributed by atoms with Crippen molar-refractivity contribution in [1.29, 1.82) is 0 Å². The van der Waals surface area contributed by atoms with Crippen LogP contribution in [0.1, 0.15) is 87.1 Å². The highest BCUT2D eigenvalue weighted by Crippen LogP contribution is 2.65. The number of nitrogens with zero attached hydrogens (tertiary/aromatic N) is 1. The van der Waals surface area contributed by atoms with Crippen LogP contribution in [-0.4, -0.2) is 41.1 Å². The number of rotatable bonds is 6. The maximum atomic E-state index is 15.4. The molecule has 7 fully saturated rings. The molecule has 6 saturated carbocycles. The highest BCUT2D eigenvalue weighted by Gasteiger charge is 2.69. The van der Waals surface area contributed by atoms with E-state index in [0.717, 1.165) is 36.2 Å². The minimum absolute atomic E-state index is 0.000546. The molecule has 1 amide bonds. The number of hydrogen-bond donors (Lipinski definition) is 1. The Bertz CT molecular complexity index is 1070. The van der Waals surface area contributed by atoms with Gasteiger partial charge in [0.25, 0.3) is 5.91 Å². The summed E-state index contributed by atoms with van der Waals surface area (Å²) in [5.74, 6) is 1.44. The summed E-state index contributed by atoms with van der Waals surface area (Å²) in [6.45, 7) is 5.15. The van der Waals surface area contributed by atoms with E-state index in [-0.39, 0.29) is 28.2 Å². The first-order valence-electron chi connectivity index (χ1n) is 13.7. The molecule has 5 nitrogen and oxygen atoms in total. The van der Waals surface area contributed by atoms with E-state index in [4.69, 9.17) is 4.74 Å². The van der Waals surface area contributed by atoms with Gasteiger partial charge in [-0.05, 0) is 98.0 Å². The Morgan fingerprint density at radius 1 is 1.09 bits per heavy atom. The van der Waals surface area contributed by atoms with E-state index in [1.807, 2.05) is 0 Å². The number of likely N-dealkylation sites (tertiary alicyclic amines) is 1. The van der Waals surface area contributed by atoms with Crippen molar-refractivity contribution < 1.29 is 23.8 Å². The lowest BCUT2D eigenvalue weighted by Crippen LogP contribution is -2.48. The van der Waals surface area contributed by atoms with Gasteiger partial charge in [-0.25, -0.2) is 9.18 Å². The summed E-state index contributed by atoms with van der Waals surface area (Å²) in [6.07, 6.45) is 9.89. The molecule has 0 radical (unpaired) electrons. The fourth-order valence-corrected chi connectivity index (χ4v) is 9.20. The van der Waals surface area contributed by atoms with Gasteiger partial charge in [-0.1, -0.05) is 13.8 Å². The van der Waals surface area contributed by atoms with E-state index < -0.39 is 23.7 Å². The van der Waals surface area contributed by atoms with Gasteiger partial charge in [-0.2, -0.15) is 0 Å². The van der Waals surface area contributed by atoms with Crippen molar-refractivity contribution in [2.24, 2.45) is 40.4 Å². The van der Waals surface area contributed by atoms with Crippen molar-refractivity contribution in [1.82, 2.24) is 4.90 Å². The summed E-state index contributed by atoms with van der Waals surface area (Å²) >= 11 is 0. The number of halogens is 1. The van der Waals surface area contributed by atoms with Crippen molar-refractivity contribution in [2.45, 2.75) is 77.2 Å². The molecule has 1 unspecified atom stereocenters. The first-order chi connectivity index (χ1) is 16.6. The van der Waals surface area contributed by atoms with Crippen LogP contribution >= 0.6 is 0 Å². The number of aliphatic carboxylic acids is 1. The number of carboxylic acids is 1. The van der Waals surface area contributed by atoms with Gasteiger partial charge in [-0.15, -0.1) is 0 Å². The average Bonchev–Trinajstić information content (AvgIpc) is 3.65. The Kier molecular flexibility index (Phi) is 4.57. The number of benzene rings is 1. The lowest BCUT2D eigenvalue weighted by atomic mass is 9.50. The molecule has 1 aliphatic heterocycles. The number of fused-ring (bicyclic) bond motifs is 1. The average molecular weight is 482 g/mol. The lowest BCUT2D eigenvalue weighted by Gasteiger charge is -2.56. The van der Waals surface area contributed by atoms with E-state index in [0.29, 0.717) is 24.8 Å². The predicted molar refractivity (Wildman–Crippen MR) is 128 cm³/mol. The zero-order valence-corrected chi connectivity index (χ0v) is 20.8. The smallest absolute Gasteiger partial charge is 0.326 e. The van der Waals surface area contributed by atoms with Crippen LogP contribution < -0.4 is 4.74 Å². The predicted octanol–water partition coefficient (Wildman–Crippen LogP) is 5.48. The molecule has 0 aromatic heterocycles. The molecule has 35 heavy (non-hydrogen) atoms. The fourth-order valence-electron chi connectivity index (χ4n) is 9.20. The van der Waals surface area contributed by atoms with Gasteiger partial charge >= 0.3 is 5.97 Å².